The van der Waals surface area contributed by atoms with E-state index in [9.17, 15) is 14.4 Å². The number of benzene rings is 1. The Balaban J connectivity index is 1.73. The molecular formula is C16H14ClNO4S. The second kappa shape index (κ2) is 6.76. The lowest BCUT2D eigenvalue weighted by Crippen LogP contribution is -2.18. The summed E-state index contributed by atoms with van der Waals surface area (Å²) in [6.07, 6.45) is 5.40. The monoisotopic (exact) mass is 351 g/mol. The van der Waals surface area contributed by atoms with Crippen LogP contribution >= 0.6 is 23.4 Å². The molecule has 1 heterocycles. The predicted molar refractivity (Wildman–Crippen MR) is 88.2 cm³/mol. The van der Waals surface area contributed by atoms with Gasteiger partial charge in [0.05, 0.1) is 15.8 Å². The molecule has 5 nitrogen and oxygen atoms in total. The minimum atomic E-state index is -0.437. The van der Waals surface area contributed by atoms with E-state index in [1.807, 2.05) is 0 Å². The molecule has 0 unspecified atom stereocenters. The molecule has 1 aromatic carbocycles. The number of hydrogen-bond acceptors (Lipinski definition) is 5. The number of halogens is 1. The summed E-state index contributed by atoms with van der Waals surface area (Å²) in [6, 6.07) is 4.83. The minimum absolute atomic E-state index is 0.0276. The zero-order valence-electron chi connectivity index (χ0n) is 12.1. The Labute approximate surface area is 142 Å². The van der Waals surface area contributed by atoms with Gasteiger partial charge in [0.25, 0.3) is 11.1 Å². The summed E-state index contributed by atoms with van der Waals surface area (Å²) in [5, 5.41) is 2.13. The van der Waals surface area contributed by atoms with Gasteiger partial charge < -0.3 is 4.74 Å². The van der Waals surface area contributed by atoms with E-state index in [-0.39, 0.29) is 16.8 Å². The molecule has 23 heavy (non-hydrogen) atoms. The molecule has 0 bridgehead atoms. The third-order valence-corrected chi connectivity index (χ3v) is 4.95. The Morgan fingerprint density at radius 1 is 1.30 bits per heavy atom. The maximum Gasteiger partial charge on any atom is 0.314 e. The van der Waals surface area contributed by atoms with E-state index >= 15 is 0 Å². The van der Waals surface area contributed by atoms with E-state index < -0.39 is 11.1 Å². The van der Waals surface area contributed by atoms with Crippen molar-refractivity contribution in [2.75, 3.05) is 0 Å². The smallest absolute Gasteiger partial charge is 0.314 e. The fourth-order valence-corrected chi connectivity index (χ4v) is 3.51. The fourth-order valence-electron chi connectivity index (χ4n) is 2.61. The van der Waals surface area contributed by atoms with E-state index in [4.69, 9.17) is 16.3 Å². The quantitative estimate of drug-likeness (QED) is 0.510. The molecule has 2 aliphatic rings. The fraction of sp³-hybridized carbons (Fsp3) is 0.312. The molecule has 1 saturated carbocycles. The highest BCUT2D eigenvalue weighted by Gasteiger charge is 2.26. The van der Waals surface area contributed by atoms with Gasteiger partial charge in [-0.15, -0.1) is 0 Å². The molecule has 0 atom stereocenters. The maximum absolute atomic E-state index is 12.0. The average Bonchev–Trinajstić information content (AvgIpc) is 3.12. The Morgan fingerprint density at radius 2 is 2.04 bits per heavy atom. The van der Waals surface area contributed by atoms with Crippen LogP contribution in [0.3, 0.4) is 0 Å². The molecular weight excluding hydrogens is 338 g/mol. The summed E-state index contributed by atoms with van der Waals surface area (Å²) in [5.41, 5.74) is 0.583. The molecule has 120 valence electrons. The standard InChI is InChI=1S/C16H14ClNO4S/c17-12-8-11(22-15(20)9-3-1-2-4-9)6-5-10(12)7-13-14(19)18-16(21)23-13/h5-9H,1-4H2,(H,18,19,21). The van der Waals surface area contributed by atoms with Crippen molar-refractivity contribution in [3.05, 3.63) is 33.7 Å². The van der Waals surface area contributed by atoms with Crippen molar-refractivity contribution in [3.8, 4) is 5.75 Å². The van der Waals surface area contributed by atoms with Crippen molar-refractivity contribution in [1.29, 1.82) is 0 Å². The Bertz CT molecular complexity index is 710. The lowest BCUT2D eigenvalue weighted by atomic mass is 10.1. The van der Waals surface area contributed by atoms with E-state index in [1.165, 1.54) is 6.08 Å². The van der Waals surface area contributed by atoms with Crippen molar-refractivity contribution in [1.82, 2.24) is 5.32 Å². The molecule has 0 radical (unpaired) electrons. The first-order valence-corrected chi connectivity index (χ1v) is 8.48. The molecule has 7 heteroatoms. The normalized spacial score (nSPS) is 20.1. The Kier molecular flexibility index (Phi) is 4.73. The van der Waals surface area contributed by atoms with Gasteiger partial charge in [-0.05, 0) is 48.4 Å². The van der Waals surface area contributed by atoms with Gasteiger partial charge in [-0.1, -0.05) is 24.4 Å². The van der Waals surface area contributed by atoms with Crippen molar-refractivity contribution in [3.63, 3.8) is 0 Å². The molecule has 0 spiro atoms. The Morgan fingerprint density at radius 3 is 2.65 bits per heavy atom. The molecule has 1 aliphatic heterocycles. The van der Waals surface area contributed by atoms with E-state index in [2.05, 4.69) is 5.32 Å². The number of nitrogens with one attached hydrogen (secondary N) is 1. The number of esters is 1. The SMILES string of the molecule is O=C1NC(=O)C(=Cc2ccc(OC(=O)C3CCCC3)cc2Cl)S1. The zero-order chi connectivity index (χ0) is 16.4. The number of carbonyl (C=O) groups excluding carboxylic acids is 3. The van der Waals surface area contributed by atoms with Crippen LogP contribution in [0.25, 0.3) is 6.08 Å². The van der Waals surface area contributed by atoms with Crippen LogP contribution in [0.5, 0.6) is 5.75 Å². The molecule has 1 saturated heterocycles. The second-order valence-electron chi connectivity index (χ2n) is 5.44. The predicted octanol–water partition coefficient (Wildman–Crippen LogP) is 3.76. The summed E-state index contributed by atoms with van der Waals surface area (Å²) >= 11 is 7.00. The van der Waals surface area contributed by atoms with Crippen LogP contribution in [0.15, 0.2) is 23.1 Å². The number of hydrogen-bond donors (Lipinski definition) is 1. The van der Waals surface area contributed by atoms with Crippen molar-refractivity contribution >= 4 is 46.6 Å². The highest BCUT2D eigenvalue weighted by Crippen LogP contribution is 2.31. The number of amides is 2. The largest absolute Gasteiger partial charge is 0.426 e. The van der Waals surface area contributed by atoms with Crippen LogP contribution < -0.4 is 10.1 Å². The van der Waals surface area contributed by atoms with Gasteiger partial charge >= 0.3 is 5.97 Å². The average molecular weight is 352 g/mol. The molecule has 2 amide bonds. The number of ether oxygens (including phenoxy) is 1. The first-order valence-electron chi connectivity index (χ1n) is 7.29. The summed E-state index contributed by atoms with van der Waals surface area (Å²) in [4.78, 5) is 34.9. The molecule has 2 fully saturated rings. The number of carbonyl (C=O) groups is 3. The molecule has 1 aromatic rings. The van der Waals surface area contributed by atoms with Gasteiger partial charge in [-0.25, -0.2) is 0 Å². The summed E-state index contributed by atoms with van der Waals surface area (Å²) in [7, 11) is 0. The van der Waals surface area contributed by atoms with Crippen LogP contribution in [0.2, 0.25) is 5.02 Å². The van der Waals surface area contributed by atoms with E-state index in [0.29, 0.717) is 16.3 Å². The lowest BCUT2D eigenvalue weighted by Gasteiger charge is -2.10. The van der Waals surface area contributed by atoms with E-state index in [1.54, 1.807) is 18.2 Å². The van der Waals surface area contributed by atoms with Gasteiger partial charge in [0, 0.05) is 6.07 Å². The Hall–Kier alpha value is -1.79. The van der Waals surface area contributed by atoms with Crippen LogP contribution in [-0.2, 0) is 9.59 Å². The second-order valence-corrected chi connectivity index (χ2v) is 6.86. The zero-order valence-corrected chi connectivity index (χ0v) is 13.7. The van der Waals surface area contributed by atoms with Crippen LogP contribution in [0, 0.1) is 5.92 Å². The third-order valence-electron chi connectivity index (χ3n) is 3.81. The lowest BCUT2D eigenvalue weighted by molar-refractivity contribution is -0.138. The third kappa shape index (κ3) is 3.76. The summed E-state index contributed by atoms with van der Waals surface area (Å²) in [5.74, 6) is -0.303. The summed E-state index contributed by atoms with van der Waals surface area (Å²) in [6.45, 7) is 0. The molecule has 3 rings (SSSR count). The first kappa shape index (κ1) is 16.1. The number of rotatable bonds is 3. The van der Waals surface area contributed by atoms with Crippen molar-refractivity contribution in [2.45, 2.75) is 25.7 Å². The topological polar surface area (TPSA) is 72.5 Å². The van der Waals surface area contributed by atoms with E-state index in [0.717, 1.165) is 37.4 Å². The first-order chi connectivity index (χ1) is 11.0. The van der Waals surface area contributed by atoms with Crippen LogP contribution in [0.4, 0.5) is 4.79 Å². The van der Waals surface area contributed by atoms with Crippen molar-refractivity contribution in [2.24, 2.45) is 5.92 Å². The van der Waals surface area contributed by atoms with Gasteiger partial charge in [0.15, 0.2) is 0 Å². The highest BCUT2D eigenvalue weighted by atomic mass is 35.5. The molecule has 0 aromatic heterocycles. The molecule has 1 N–H and O–H groups in total. The molecule has 1 aliphatic carbocycles. The highest BCUT2D eigenvalue weighted by molar-refractivity contribution is 8.18. The minimum Gasteiger partial charge on any atom is -0.426 e. The van der Waals surface area contributed by atoms with Crippen LogP contribution in [-0.4, -0.2) is 17.1 Å². The van der Waals surface area contributed by atoms with Gasteiger partial charge in [-0.3, -0.25) is 19.7 Å². The van der Waals surface area contributed by atoms with Crippen LogP contribution in [0.1, 0.15) is 31.2 Å². The van der Waals surface area contributed by atoms with Gasteiger partial charge in [-0.2, -0.15) is 0 Å². The van der Waals surface area contributed by atoms with Gasteiger partial charge in [0.2, 0.25) is 0 Å². The maximum atomic E-state index is 12.0. The van der Waals surface area contributed by atoms with Crippen molar-refractivity contribution < 1.29 is 19.1 Å². The number of thioether (sulfide) groups is 1. The number of imide groups is 1. The van der Waals surface area contributed by atoms with Gasteiger partial charge in [0.1, 0.15) is 5.75 Å². The summed E-state index contributed by atoms with van der Waals surface area (Å²) < 4.78 is 5.36.